The van der Waals surface area contributed by atoms with Crippen molar-refractivity contribution in [1.29, 1.82) is 0 Å². The van der Waals surface area contributed by atoms with Gasteiger partial charge in [0, 0.05) is 6.92 Å². The number of rotatable bonds is 5. The van der Waals surface area contributed by atoms with Crippen LogP contribution < -0.4 is 0 Å². The zero-order valence-electron chi connectivity index (χ0n) is 8.83. The summed E-state index contributed by atoms with van der Waals surface area (Å²) >= 11 is 0. The SMILES string of the molecule is C=C(C(=O)OC)C(CCC)OC(C)=O. The lowest BCUT2D eigenvalue weighted by atomic mass is 10.1. The second kappa shape index (κ2) is 6.18. The first-order valence-electron chi connectivity index (χ1n) is 4.47. The van der Waals surface area contributed by atoms with E-state index in [2.05, 4.69) is 11.3 Å². The molecule has 0 radical (unpaired) electrons. The molecule has 1 atom stereocenters. The number of esters is 2. The molecule has 14 heavy (non-hydrogen) atoms. The fraction of sp³-hybridized carbons (Fsp3) is 0.600. The van der Waals surface area contributed by atoms with Crippen molar-refractivity contribution in [2.75, 3.05) is 7.11 Å². The van der Waals surface area contributed by atoms with Crippen molar-refractivity contribution in [2.45, 2.75) is 32.8 Å². The lowest BCUT2D eigenvalue weighted by Gasteiger charge is -2.16. The van der Waals surface area contributed by atoms with Crippen molar-refractivity contribution in [3.05, 3.63) is 12.2 Å². The third-order valence-corrected chi connectivity index (χ3v) is 1.70. The molecule has 0 aliphatic rings. The quantitative estimate of drug-likeness (QED) is 0.498. The van der Waals surface area contributed by atoms with Crippen LogP contribution in [0.5, 0.6) is 0 Å². The first-order valence-corrected chi connectivity index (χ1v) is 4.47. The molecule has 4 nitrogen and oxygen atoms in total. The second-order valence-corrected chi connectivity index (χ2v) is 2.90. The van der Waals surface area contributed by atoms with E-state index in [1.54, 1.807) is 0 Å². The van der Waals surface area contributed by atoms with E-state index in [0.29, 0.717) is 6.42 Å². The van der Waals surface area contributed by atoms with Crippen molar-refractivity contribution in [3.8, 4) is 0 Å². The monoisotopic (exact) mass is 200 g/mol. The number of hydrogen-bond acceptors (Lipinski definition) is 4. The van der Waals surface area contributed by atoms with E-state index in [9.17, 15) is 9.59 Å². The number of ether oxygens (including phenoxy) is 2. The molecule has 1 unspecified atom stereocenters. The average molecular weight is 200 g/mol. The molecule has 0 fully saturated rings. The zero-order chi connectivity index (χ0) is 11.1. The van der Waals surface area contributed by atoms with E-state index in [4.69, 9.17) is 4.74 Å². The molecule has 0 spiro atoms. The molecule has 0 aromatic rings. The number of carbonyl (C=O) groups excluding carboxylic acids is 2. The highest BCUT2D eigenvalue weighted by molar-refractivity contribution is 5.89. The molecule has 0 saturated carbocycles. The number of methoxy groups -OCH3 is 1. The molecule has 0 aliphatic heterocycles. The van der Waals surface area contributed by atoms with E-state index >= 15 is 0 Å². The van der Waals surface area contributed by atoms with Crippen molar-refractivity contribution in [2.24, 2.45) is 0 Å². The van der Waals surface area contributed by atoms with E-state index in [0.717, 1.165) is 6.42 Å². The summed E-state index contributed by atoms with van der Waals surface area (Å²) in [5.41, 5.74) is 0.185. The topological polar surface area (TPSA) is 52.6 Å². The Bertz CT molecular complexity index is 232. The fourth-order valence-corrected chi connectivity index (χ4v) is 1.03. The van der Waals surface area contributed by atoms with E-state index in [-0.39, 0.29) is 5.57 Å². The summed E-state index contributed by atoms with van der Waals surface area (Å²) < 4.78 is 9.43. The maximum Gasteiger partial charge on any atom is 0.336 e. The average Bonchev–Trinajstić information content (AvgIpc) is 2.14. The van der Waals surface area contributed by atoms with Gasteiger partial charge in [-0.3, -0.25) is 4.79 Å². The number of hydrogen-bond donors (Lipinski definition) is 0. The Hall–Kier alpha value is -1.32. The molecule has 0 aromatic carbocycles. The standard InChI is InChI=1S/C10H16O4/c1-5-6-9(14-8(3)11)7(2)10(12)13-4/h9H,2,5-6H2,1,3-4H3. The van der Waals surface area contributed by atoms with Gasteiger partial charge in [0.05, 0.1) is 12.7 Å². The molecule has 0 aromatic heterocycles. The molecule has 0 N–H and O–H groups in total. The van der Waals surface area contributed by atoms with Crippen LogP contribution in [0.3, 0.4) is 0 Å². The fourth-order valence-electron chi connectivity index (χ4n) is 1.03. The van der Waals surface area contributed by atoms with Crippen LogP contribution in [0.2, 0.25) is 0 Å². The molecule has 0 amide bonds. The minimum absolute atomic E-state index is 0.185. The minimum atomic E-state index is -0.565. The van der Waals surface area contributed by atoms with Gasteiger partial charge in [-0.15, -0.1) is 0 Å². The van der Waals surface area contributed by atoms with Crippen LogP contribution in [0.25, 0.3) is 0 Å². The summed E-state index contributed by atoms with van der Waals surface area (Å²) in [7, 11) is 1.27. The van der Waals surface area contributed by atoms with Gasteiger partial charge in [-0.05, 0) is 6.42 Å². The summed E-state index contributed by atoms with van der Waals surface area (Å²) in [4.78, 5) is 21.8. The molecule has 0 heterocycles. The molecule has 4 heteroatoms. The highest BCUT2D eigenvalue weighted by Gasteiger charge is 2.21. The van der Waals surface area contributed by atoms with Gasteiger partial charge in [0.25, 0.3) is 0 Å². The van der Waals surface area contributed by atoms with Crippen LogP contribution in [0.4, 0.5) is 0 Å². The van der Waals surface area contributed by atoms with Gasteiger partial charge in [-0.1, -0.05) is 19.9 Å². The second-order valence-electron chi connectivity index (χ2n) is 2.90. The summed E-state index contributed by atoms with van der Waals surface area (Å²) in [6, 6.07) is 0. The van der Waals surface area contributed by atoms with Gasteiger partial charge >= 0.3 is 11.9 Å². The molecule has 0 bridgehead atoms. The third-order valence-electron chi connectivity index (χ3n) is 1.70. The van der Waals surface area contributed by atoms with Gasteiger partial charge in [0.2, 0.25) is 0 Å². The maximum absolute atomic E-state index is 11.1. The van der Waals surface area contributed by atoms with Gasteiger partial charge in [-0.25, -0.2) is 4.79 Å². The summed E-state index contributed by atoms with van der Waals surface area (Å²) in [5.74, 6) is -0.960. The van der Waals surface area contributed by atoms with E-state index < -0.39 is 18.0 Å². The van der Waals surface area contributed by atoms with Crippen molar-refractivity contribution in [3.63, 3.8) is 0 Å². The first kappa shape index (κ1) is 12.7. The van der Waals surface area contributed by atoms with E-state index in [1.807, 2.05) is 6.92 Å². The number of carbonyl (C=O) groups is 2. The van der Waals surface area contributed by atoms with Crippen LogP contribution in [0.15, 0.2) is 12.2 Å². The van der Waals surface area contributed by atoms with Crippen LogP contribution in [-0.4, -0.2) is 25.2 Å². The zero-order valence-corrected chi connectivity index (χ0v) is 8.83. The van der Waals surface area contributed by atoms with Crippen molar-refractivity contribution in [1.82, 2.24) is 0 Å². The van der Waals surface area contributed by atoms with Crippen molar-refractivity contribution < 1.29 is 19.1 Å². The largest absolute Gasteiger partial charge is 0.466 e. The first-order chi connectivity index (χ1) is 6.52. The Morgan fingerprint density at radius 3 is 2.36 bits per heavy atom. The molecule has 0 aliphatic carbocycles. The van der Waals surface area contributed by atoms with Gasteiger partial charge in [-0.2, -0.15) is 0 Å². The van der Waals surface area contributed by atoms with Crippen molar-refractivity contribution >= 4 is 11.9 Å². The normalized spacial score (nSPS) is 11.6. The smallest absolute Gasteiger partial charge is 0.336 e. The Balaban J connectivity index is 4.39. The summed E-state index contributed by atoms with van der Waals surface area (Å²) in [6.07, 6.45) is 0.812. The van der Waals surface area contributed by atoms with Crippen LogP contribution in [0.1, 0.15) is 26.7 Å². The predicted octanol–water partition coefficient (Wildman–Crippen LogP) is 1.45. The highest BCUT2D eigenvalue weighted by atomic mass is 16.6. The van der Waals surface area contributed by atoms with E-state index in [1.165, 1.54) is 14.0 Å². The summed E-state index contributed by atoms with van der Waals surface area (Å²) in [5, 5.41) is 0. The maximum atomic E-state index is 11.1. The minimum Gasteiger partial charge on any atom is -0.466 e. The summed E-state index contributed by atoms with van der Waals surface area (Å²) in [6.45, 7) is 6.78. The highest BCUT2D eigenvalue weighted by Crippen LogP contribution is 2.13. The Labute approximate surface area is 83.9 Å². The molecular formula is C10H16O4. The Kier molecular flexibility index (Phi) is 5.60. The van der Waals surface area contributed by atoms with Gasteiger partial charge < -0.3 is 9.47 Å². The molecule has 0 saturated heterocycles. The molecular weight excluding hydrogens is 184 g/mol. The lowest BCUT2D eigenvalue weighted by Crippen LogP contribution is -2.23. The van der Waals surface area contributed by atoms with Gasteiger partial charge in [0.1, 0.15) is 6.10 Å². The Morgan fingerprint density at radius 2 is 2.00 bits per heavy atom. The third kappa shape index (κ3) is 4.07. The predicted molar refractivity (Wildman–Crippen MR) is 51.6 cm³/mol. The van der Waals surface area contributed by atoms with Gasteiger partial charge in [0.15, 0.2) is 0 Å². The van der Waals surface area contributed by atoms with Crippen LogP contribution in [0, 0.1) is 0 Å². The van der Waals surface area contributed by atoms with Crippen LogP contribution in [-0.2, 0) is 19.1 Å². The molecule has 0 rings (SSSR count). The van der Waals surface area contributed by atoms with Crippen LogP contribution >= 0.6 is 0 Å². The molecule has 80 valence electrons. The Morgan fingerprint density at radius 1 is 1.43 bits per heavy atom. The lowest BCUT2D eigenvalue weighted by molar-refractivity contribution is -0.147.